The third kappa shape index (κ3) is 3.19. The van der Waals surface area contributed by atoms with Gasteiger partial charge in [-0.15, -0.1) is 0 Å². The third-order valence-electron chi connectivity index (χ3n) is 3.33. The Morgan fingerprint density at radius 2 is 2.18 bits per heavy atom. The molecule has 2 N–H and O–H groups in total. The zero-order valence-electron chi connectivity index (χ0n) is 10.1. The van der Waals surface area contributed by atoms with Crippen molar-refractivity contribution in [3.05, 3.63) is 34.9 Å². The first-order valence-electron chi connectivity index (χ1n) is 6.02. The van der Waals surface area contributed by atoms with Gasteiger partial charge in [0.1, 0.15) is 0 Å². The average Bonchev–Trinajstić information content (AvgIpc) is 2.39. The van der Waals surface area contributed by atoms with Crippen LogP contribution in [0.25, 0.3) is 0 Å². The topological polar surface area (TPSA) is 38.5 Å². The van der Waals surface area contributed by atoms with E-state index in [0.29, 0.717) is 12.6 Å². The molecular formula is C13H19ClN2O. The highest BCUT2D eigenvalue weighted by Crippen LogP contribution is 2.23. The molecule has 1 aromatic carbocycles. The van der Waals surface area contributed by atoms with E-state index >= 15 is 0 Å². The first-order valence-corrected chi connectivity index (χ1v) is 6.39. The molecule has 0 aromatic heterocycles. The third-order valence-corrected chi connectivity index (χ3v) is 3.59. The van der Waals surface area contributed by atoms with Crippen LogP contribution in [-0.2, 0) is 4.74 Å². The van der Waals surface area contributed by atoms with Gasteiger partial charge in [0, 0.05) is 30.7 Å². The monoisotopic (exact) mass is 254 g/mol. The largest absolute Gasteiger partial charge is 0.374 e. The maximum Gasteiger partial charge on any atom is 0.0824 e. The van der Waals surface area contributed by atoms with Crippen molar-refractivity contribution >= 4 is 11.6 Å². The highest BCUT2D eigenvalue weighted by atomic mass is 35.5. The Balaban J connectivity index is 2.03. The molecular weight excluding hydrogens is 236 g/mol. The van der Waals surface area contributed by atoms with Gasteiger partial charge >= 0.3 is 0 Å². The van der Waals surface area contributed by atoms with E-state index in [1.54, 1.807) is 0 Å². The number of halogens is 1. The highest BCUT2D eigenvalue weighted by Gasteiger charge is 2.23. The quantitative estimate of drug-likeness (QED) is 0.898. The molecule has 0 spiro atoms. The number of benzene rings is 1. The Morgan fingerprint density at radius 3 is 2.82 bits per heavy atom. The van der Waals surface area contributed by atoms with Gasteiger partial charge in [0.2, 0.25) is 0 Å². The highest BCUT2D eigenvalue weighted by molar-refractivity contribution is 6.30. The molecule has 1 heterocycles. The number of morpholine rings is 1. The first kappa shape index (κ1) is 12.8. The predicted molar refractivity (Wildman–Crippen MR) is 70.2 cm³/mol. The van der Waals surface area contributed by atoms with Crippen molar-refractivity contribution in [1.29, 1.82) is 0 Å². The summed E-state index contributed by atoms with van der Waals surface area (Å²) in [5.74, 6) is 0. The fourth-order valence-corrected chi connectivity index (χ4v) is 2.31. The molecule has 17 heavy (non-hydrogen) atoms. The number of ether oxygens (including phenoxy) is 1. The van der Waals surface area contributed by atoms with Crippen LogP contribution in [0.3, 0.4) is 0 Å². The maximum absolute atomic E-state index is 5.90. The molecule has 2 unspecified atom stereocenters. The fourth-order valence-electron chi connectivity index (χ4n) is 2.19. The van der Waals surface area contributed by atoms with Crippen LogP contribution in [0.15, 0.2) is 24.3 Å². The van der Waals surface area contributed by atoms with Gasteiger partial charge < -0.3 is 10.5 Å². The summed E-state index contributed by atoms with van der Waals surface area (Å²) in [5.41, 5.74) is 6.94. The van der Waals surface area contributed by atoms with Gasteiger partial charge in [0.15, 0.2) is 0 Å². The van der Waals surface area contributed by atoms with E-state index in [9.17, 15) is 0 Å². The Hall–Kier alpha value is -0.610. The molecule has 1 aliphatic rings. The predicted octanol–water partition coefficient (Wildman–Crippen LogP) is 2.06. The van der Waals surface area contributed by atoms with Gasteiger partial charge in [-0.3, -0.25) is 4.90 Å². The molecule has 1 saturated heterocycles. The Morgan fingerprint density at radius 1 is 1.47 bits per heavy atom. The van der Waals surface area contributed by atoms with Crippen molar-refractivity contribution in [2.45, 2.75) is 19.1 Å². The van der Waals surface area contributed by atoms with Crippen LogP contribution in [0.2, 0.25) is 5.02 Å². The second-order valence-electron chi connectivity index (χ2n) is 4.45. The molecule has 4 heteroatoms. The first-order chi connectivity index (χ1) is 8.20. The van der Waals surface area contributed by atoms with E-state index in [0.717, 1.165) is 24.7 Å². The molecule has 3 nitrogen and oxygen atoms in total. The number of nitrogens with two attached hydrogens (primary N) is 1. The van der Waals surface area contributed by atoms with Crippen molar-refractivity contribution in [1.82, 2.24) is 4.90 Å². The molecule has 1 fully saturated rings. The summed E-state index contributed by atoms with van der Waals surface area (Å²) in [6.45, 7) is 5.42. The maximum atomic E-state index is 5.90. The zero-order chi connectivity index (χ0) is 12.3. The van der Waals surface area contributed by atoms with Crippen molar-refractivity contribution in [2.24, 2.45) is 5.73 Å². The minimum absolute atomic E-state index is 0.165. The molecule has 0 amide bonds. The summed E-state index contributed by atoms with van der Waals surface area (Å²) in [4.78, 5) is 2.41. The molecule has 0 bridgehead atoms. The second kappa shape index (κ2) is 5.83. The van der Waals surface area contributed by atoms with Crippen molar-refractivity contribution in [2.75, 3.05) is 26.2 Å². The van der Waals surface area contributed by atoms with Crippen LogP contribution in [0.1, 0.15) is 18.5 Å². The molecule has 1 aromatic rings. The number of nitrogens with zero attached hydrogens (tertiary/aromatic N) is 1. The fraction of sp³-hybridized carbons (Fsp3) is 0.538. The number of hydrogen-bond acceptors (Lipinski definition) is 3. The van der Waals surface area contributed by atoms with Crippen LogP contribution in [-0.4, -0.2) is 37.2 Å². The van der Waals surface area contributed by atoms with Gasteiger partial charge in [0.05, 0.1) is 12.7 Å². The van der Waals surface area contributed by atoms with Crippen molar-refractivity contribution < 1.29 is 4.74 Å². The lowest BCUT2D eigenvalue weighted by Crippen LogP contribution is -2.46. The van der Waals surface area contributed by atoms with Gasteiger partial charge in [-0.05, 0) is 24.6 Å². The smallest absolute Gasteiger partial charge is 0.0824 e. The molecule has 2 rings (SSSR count). The standard InChI is InChI=1S/C13H19ClN2O/c1-10(11-2-4-12(14)5-3-11)16-6-7-17-13(8-15)9-16/h2-5,10,13H,6-9,15H2,1H3. The molecule has 2 atom stereocenters. The van der Waals surface area contributed by atoms with Gasteiger partial charge in [-0.1, -0.05) is 23.7 Å². The van der Waals surface area contributed by atoms with Crippen LogP contribution in [0.5, 0.6) is 0 Å². The van der Waals surface area contributed by atoms with E-state index in [1.165, 1.54) is 5.56 Å². The lowest BCUT2D eigenvalue weighted by Gasteiger charge is -2.36. The van der Waals surface area contributed by atoms with Gasteiger partial charge in [-0.25, -0.2) is 0 Å². The lowest BCUT2D eigenvalue weighted by atomic mass is 10.1. The Labute approximate surface area is 107 Å². The lowest BCUT2D eigenvalue weighted by molar-refractivity contribution is -0.0364. The SMILES string of the molecule is CC(c1ccc(Cl)cc1)N1CCOC(CN)C1. The van der Waals surface area contributed by atoms with E-state index in [-0.39, 0.29) is 6.10 Å². The van der Waals surface area contributed by atoms with E-state index in [4.69, 9.17) is 22.1 Å². The molecule has 1 aliphatic heterocycles. The van der Waals surface area contributed by atoms with E-state index < -0.39 is 0 Å². The minimum atomic E-state index is 0.165. The van der Waals surface area contributed by atoms with E-state index in [1.807, 2.05) is 12.1 Å². The Kier molecular flexibility index (Phi) is 4.40. The summed E-state index contributed by atoms with van der Waals surface area (Å²) in [7, 11) is 0. The normalized spacial score (nSPS) is 23.6. The molecule has 0 radical (unpaired) electrons. The molecule has 0 aliphatic carbocycles. The van der Waals surface area contributed by atoms with Crippen LogP contribution in [0, 0.1) is 0 Å². The minimum Gasteiger partial charge on any atom is -0.374 e. The molecule has 0 saturated carbocycles. The van der Waals surface area contributed by atoms with Crippen LogP contribution < -0.4 is 5.73 Å². The summed E-state index contributed by atoms with van der Waals surface area (Å²) in [5, 5.41) is 0.780. The van der Waals surface area contributed by atoms with Crippen molar-refractivity contribution in [3.63, 3.8) is 0 Å². The van der Waals surface area contributed by atoms with E-state index in [2.05, 4.69) is 24.0 Å². The number of rotatable bonds is 3. The summed E-state index contributed by atoms with van der Waals surface area (Å²) in [6, 6.07) is 8.42. The molecule has 94 valence electrons. The zero-order valence-corrected chi connectivity index (χ0v) is 10.9. The van der Waals surface area contributed by atoms with Crippen LogP contribution >= 0.6 is 11.6 Å². The van der Waals surface area contributed by atoms with Gasteiger partial charge in [0.25, 0.3) is 0 Å². The summed E-state index contributed by atoms with van der Waals surface area (Å²) in [6.07, 6.45) is 0.165. The summed E-state index contributed by atoms with van der Waals surface area (Å²) >= 11 is 5.90. The van der Waals surface area contributed by atoms with Crippen molar-refractivity contribution in [3.8, 4) is 0 Å². The Bertz CT molecular complexity index is 355. The average molecular weight is 255 g/mol. The van der Waals surface area contributed by atoms with Gasteiger partial charge in [-0.2, -0.15) is 0 Å². The summed E-state index contributed by atoms with van der Waals surface area (Å²) < 4.78 is 5.57. The second-order valence-corrected chi connectivity index (χ2v) is 4.89. The number of hydrogen-bond donors (Lipinski definition) is 1. The van der Waals surface area contributed by atoms with Crippen LogP contribution in [0.4, 0.5) is 0 Å².